The molecular formula is C21H24BrClN2O3. The molecule has 0 aliphatic carbocycles. The van der Waals surface area contributed by atoms with Crippen molar-refractivity contribution in [2.75, 3.05) is 19.7 Å². The molecule has 0 unspecified atom stereocenters. The number of rotatable bonds is 9. The molecule has 2 aromatic carbocycles. The molecule has 28 heavy (non-hydrogen) atoms. The maximum atomic E-state index is 12.8. The van der Waals surface area contributed by atoms with E-state index in [-0.39, 0.29) is 18.4 Å². The molecule has 2 aromatic rings. The molecule has 7 heteroatoms. The quantitative estimate of drug-likeness (QED) is 0.605. The van der Waals surface area contributed by atoms with E-state index in [1.165, 1.54) is 0 Å². The molecule has 0 fully saturated rings. The number of hydrogen-bond acceptors (Lipinski definition) is 3. The number of nitrogens with zero attached hydrogens (tertiary/aromatic N) is 1. The van der Waals surface area contributed by atoms with Crippen molar-refractivity contribution in [1.82, 2.24) is 10.2 Å². The van der Waals surface area contributed by atoms with Crippen molar-refractivity contribution in [3.8, 4) is 5.75 Å². The Morgan fingerprint density at radius 3 is 2.57 bits per heavy atom. The van der Waals surface area contributed by atoms with E-state index < -0.39 is 6.04 Å². The summed E-state index contributed by atoms with van der Waals surface area (Å²) >= 11 is 9.30. The first-order valence-electron chi connectivity index (χ1n) is 9.11. The molecule has 0 heterocycles. The minimum absolute atomic E-state index is 0.168. The first-order valence-corrected chi connectivity index (χ1v) is 10.3. The maximum absolute atomic E-state index is 12.8. The Hall–Kier alpha value is -2.05. The summed E-state index contributed by atoms with van der Waals surface area (Å²) in [7, 11) is 0. The van der Waals surface area contributed by atoms with Crippen molar-refractivity contribution < 1.29 is 14.3 Å². The topological polar surface area (TPSA) is 58.6 Å². The largest absolute Gasteiger partial charge is 0.483 e. The molecule has 0 aliphatic rings. The Labute approximate surface area is 179 Å². The van der Waals surface area contributed by atoms with Crippen LogP contribution in [0.4, 0.5) is 0 Å². The molecule has 0 bridgehead atoms. The van der Waals surface area contributed by atoms with Crippen molar-refractivity contribution >= 4 is 39.3 Å². The first kappa shape index (κ1) is 22.2. The van der Waals surface area contributed by atoms with Gasteiger partial charge in [0.15, 0.2) is 6.61 Å². The molecule has 0 aromatic heterocycles. The van der Waals surface area contributed by atoms with Gasteiger partial charge >= 0.3 is 0 Å². The third-order valence-corrected chi connectivity index (χ3v) is 5.10. The highest BCUT2D eigenvalue weighted by Gasteiger charge is 2.25. The SMILES string of the molecule is CCNC(=O)[C@@H](C)N(CCc1ccccc1)C(=O)COc1ccc(Cl)cc1Br. The molecular weight excluding hydrogens is 444 g/mol. The molecule has 0 radical (unpaired) electrons. The number of hydrogen-bond donors (Lipinski definition) is 1. The zero-order valence-corrected chi connectivity index (χ0v) is 18.3. The number of carbonyl (C=O) groups is 2. The van der Waals surface area contributed by atoms with Crippen LogP contribution in [0.25, 0.3) is 0 Å². The molecule has 5 nitrogen and oxygen atoms in total. The Bertz CT molecular complexity index is 801. The van der Waals surface area contributed by atoms with Crippen LogP contribution < -0.4 is 10.1 Å². The fraction of sp³-hybridized carbons (Fsp3) is 0.333. The van der Waals surface area contributed by atoms with Gasteiger partial charge < -0.3 is 15.0 Å². The Morgan fingerprint density at radius 1 is 1.21 bits per heavy atom. The number of likely N-dealkylation sites (N-methyl/N-ethyl adjacent to an activating group) is 1. The van der Waals surface area contributed by atoms with Gasteiger partial charge in [-0.15, -0.1) is 0 Å². The van der Waals surface area contributed by atoms with Crippen molar-refractivity contribution in [2.24, 2.45) is 0 Å². The maximum Gasteiger partial charge on any atom is 0.261 e. The van der Waals surface area contributed by atoms with E-state index >= 15 is 0 Å². The second-order valence-corrected chi connectivity index (χ2v) is 7.55. The van der Waals surface area contributed by atoms with Gasteiger partial charge in [0.25, 0.3) is 5.91 Å². The van der Waals surface area contributed by atoms with Gasteiger partial charge in [-0.3, -0.25) is 9.59 Å². The molecule has 2 rings (SSSR count). The lowest BCUT2D eigenvalue weighted by molar-refractivity contribution is -0.141. The van der Waals surface area contributed by atoms with Crippen molar-refractivity contribution in [3.63, 3.8) is 0 Å². The Kier molecular flexibility index (Phi) is 8.80. The van der Waals surface area contributed by atoms with Crippen LogP contribution in [0, 0.1) is 0 Å². The lowest BCUT2D eigenvalue weighted by Gasteiger charge is -2.28. The van der Waals surface area contributed by atoms with Crippen molar-refractivity contribution in [1.29, 1.82) is 0 Å². The summed E-state index contributed by atoms with van der Waals surface area (Å²) in [6.07, 6.45) is 0.654. The normalized spacial score (nSPS) is 11.6. The van der Waals surface area contributed by atoms with Gasteiger partial charge in [0.1, 0.15) is 11.8 Å². The second-order valence-electron chi connectivity index (χ2n) is 6.26. The summed E-state index contributed by atoms with van der Waals surface area (Å²) in [5, 5.41) is 3.34. The summed E-state index contributed by atoms with van der Waals surface area (Å²) < 4.78 is 6.32. The van der Waals surface area contributed by atoms with E-state index in [0.717, 1.165) is 5.56 Å². The Balaban J connectivity index is 2.07. The molecule has 0 saturated heterocycles. The number of benzene rings is 2. The summed E-state index contributed by atoms with van der Waals surface area (Å²) in [6, 6.07) is 14.4. The standard InChI is InChI=1S/C21H24BrClN2O3/c1-3-24-21(27)15(2)25(12-11-16-7-5-4-6-8-16)20(26)14-28-19-10-9-17(23)13-18(19)22/h4-10,13,15H,3,11-12,14H2,1-2H3,(H,24,27)/t15-/m1/s1. The molecule has 0 spiro atoms. The molecule has 0 aliphatic heterocycles. The van der Waals surface area contributed by atoms with E-state index in [0.29, 0.717) is 34.8 Å². The van der Waals surface area contributed by atoms with Crippen LogP contribution in [-0.2, 0) is 16.0 Å². The van der Waals surface area contributed by atoms with E-state index in [1.807, 2.05) is 37.3 Å². The molecule has 1 N–H and O–H groups in total. The third kappa shape index (κ3) is 6.53. The zero-order valence-electron chi connectivity index (χ0n) is 16.0. The van der Waals surface area contributed by atoms with Crippen LogP contribution in [-0.4, -0.2) is 42.5 Å². The smallest absolute Gasteiger partial charge is 0.261 e. The lowest BCUT2D eigenvalue weighted by atomic mass is 10.1. The van der Waals surface area contributed by atoms with Gasteiger partial charge in [0.2, 0.25) is 5.91 Å². The van der Waals surface area contributed by atoms with E-state index in [9.17, 15) is 9.59 Å². The second kappa shape index (κ2) is 11.1. The molecule has 150 valence electrons. The van der Waals surface area contributed by atoms with Gasteiger partial charge in [-0.1, -0.05) is 41.9 Å². The summed E-state index contributed by atoms with van der Waals surface area (Å²) in [4.78, 5) is 26.7. The number of ether oxygens (including phenoxy) is 1. The fourth-order valence-electron chi connectivity index (χ4n) is 2.71. The average Bonchev–Trinajstić information content (AvgIpc) is 2.68. The first-order chi connectivity index (χ1) is 13.4. The van der Waals surface area contributed by atoms with Gasteiger partial charge in [0, 0.05) is 18.1 Å². The van der Waals surface area contributed by atoms with Crippen LogP contribution in [0.1, 0.15) is 19.4 Å². The minimum atomic E-state index is -0.589. The fourth-order valence-corrected chi connectivity index (χ4v) is 3.50. The van der Waals surface area contributed by atoms with Crippen LogP contribution in [0.5, 0.6) is 5.75 Å². The highest BCUT2D eigenvalue weighted by Crippen LogP contribution is 2.28. The number of amides is 2. The van der Waals surface area contributed by atoms with Crippen molar-refractivity contribution in [2.45, 2.75) is 26.3 Å². The van der Waals surface area contributed by atoms with Crippen molar-refractivity contribution in [3.05, 3.63) is 63.6 Å². The average molecular weight is 468 g/mol. The van der Waals surface area contributed by atoms with Gasteiger partial charge in [-0.25, -0.2) is 0 Å². The highest BCUT2D eigenvalue weighted by molar-refractivity contribution is 9.10. The number of nitrogens with one attached hydrogen (secondary N) is 1. The van der Waals surface area contributed by atoms with Gasteiger partial charge in [0.05, 0.1) is 4.47 Å². The zero-order chi connectivity index (χ0) is 20.5. The number of halogens is 2. The van der Waals surface area contributed by atoms with Crippen LogP contribution >= 0.6 is 27.5 Å². The lowest BCUT2D eigenvalue weighted by Crippen LogP contribution is -2.50. The highest BCUT2D eigenvalue weighted by atomic mass is 79.9. The molecule has 0 saturated carbocycles. The van der Waals surface area contributed by atoms with Crippen LogP contribution in [0.3, 0.4) is 0 Å². The molecule has 1 atom stereocenters. The minimum Gasteiger partial charge on any atom is -0.483 e. The van der Waals surface area contributed by atoms with Crippen LogP contribution in [0.2, 0.25) is 5.02 Å². The molecule has 2 amide bonds. The van der Waals surface area contributed by atoms with Gasteiger partial charge in [-0.05, 0) is 60.0 Å². The summed E-state index contributed by atoms with van der Waals surface area (Å²) in [5.41, 5.74) is 1.10. The van der Waals surface area contributed by atoms with E-state index in [4.69, 9.17) is 16.3 Å². The van der Waals surface area contributed by atoms with E-state index in [1.54, 1.807) is 30.0 Å². The summed E-state index contributed by atoms with van der Waals surface area (Å²) in [6.45, 7) is 4.34. The van der Waals surface area contributed by atoms with E-state index in [2.05, 4.69) is 21.2 Å². The predicted molar refractivity (Wildman–Crippen MR) is 115 cm³/mol. The Morgan fingerprint density at radius 2 is 1.93 bits per heavy atom. The van der Waals surface area contributed by atoms with Crippen LogP contribution in [0.15, 0.2) is 53.0 Å². The van der Waals surface area contributed by atoms with Gasteiger partial charge in [-0.2, -0.15) is 0 Å². The third-order valence-electron chi connectivity index (χ3n) is 4.25. The monoisotopic (exact) mass is 466 g/mol. The predicted octanol–water partition coefficient (Wildman–Crippen LogP) is 4.08. The summed E-state index contributed by atoms with van der Waals surface area (Å²) in [5.74, 6) is 0.0829. The number of carbonyl (C=O) groups excluding carboxylic acids is 2.